The molecular formula is C13H16F3NO5. The highest BCUT2D eigenvalue weighted by molar-refractivity contribution is 5.88. The molecule has 0 heterocycles. The van der Waals surface area contributed by atoms with Gasteiger partial charge in [-0.15, -0.1) is 6.42 Å². The van der Waals surface area contributed by atoms with Crippen LogP contribution >= 0.6 is 0 Å². The van der Waals surface area contributed by atoms with Gasteiger partial charge < -0.3 is 14.8 Å². The third kappa shape index (κ3) is 6.97. The van der Waals surface area contributed by atoms with Crippen molar-refractivity contribution < 1.29 is 37.0 Å². The molecule has 0 rings (SSSR count). The fraction of sp³-hybridized carbons (Fsp3) is 0.615. The first-order valence-electron chi connectivity index (χ1n) is 6.02. The average Bonchev–Trinajstić information content (AvgIpc) is 2.29. The van der Waals surface area contributed by atoms with Crippen LogP contribution in [0.25, 0.3) is 0 Å². The number of ether oxygens (including phenoxy) is 2. The molecular weight excluding hydrogens is 307 g/mol. The number of hydrogen-bond acceptors (Lipinski definition) is 5. The monoisotopic (exact) mass is 323 g/mol. The second kappa shape index (κ2) is 7.15. The van der Waals surface area contributed by atoms with Crippen molar-refractivity contribution in [3.8, 4) is 12.3 Å². The summed E-state index contributed by atoms with van der Waals surface area (Å²) in [5.74, 6) is -2.76. The molecule has 0 bridgehead atoms. The van der Waals surface area contributed by atoms with Crippen molar-refractivity contribution >= 4 is 17.8 Å². The zero-order valence-electron chi connectivity index (χ0n) is 12.4. The summed E-state index contributed by atoms with van der Waals surface area (Å²) in [7, 11) is 0. The van der Waals surface area contributed by atoms with Crippen molar-refractivity contribution in [1.29, 1.82) is 0 Å². The molecule has 0 aromatic carbocycles. The molecule has 9 heteroatoms. The maximum Gasteiger partial charge on any atom is 0.471 e. The van der Waals surface area contributed by atoms with E-state index in [-0.39, 0.29) is 0 Å². The normalized spacial score (nSPS) is 14.3. The molecule has 1 amide bonds. The van der Waals surface area contributed by atoms with Gasteiger partial charge in [-0.05, 0) is 20.8 Å². The van der Waals surface area contributed by atoms with Crippen LogP contribution in [-0.4, -0.2) is 41.8 Å². The minimum absolute atomic E-state index is 0.933. The minimum atomic E-state index is -5.24. The van der Waals surface area contributed by atoms with Gasteiger partial charge in [0.25, 0.3) is 0 Å². The summed E-state index contributed by atoms with van der Waals surface area (Å²) in [6, 6.07) is -1.98. The predicted molar refractivity (Wildman–Crippen MR) is 68.2 cm³/mol. The minimum Gasteiger partial charge on any atom is -0.458 e. The van der Waals surface area contributed by atoms with E-state index in [0.29, 0.717) is 0 Å². The number of carbonyl (C=O) groups excluding carboxylic acids is 3. The van der Waals surface area contributed by atoms with E-state index in [9.17, 15) is 27.6 Å². The second-order valence-electron chi connectivity index (χ2n) is 5.18. The zero-order valence-corrected chi connectivity index (χ0v) is 12.4. The van der Waals surface area contributed by atoms with Gasteiger partial charge in [-0.3, -0.25) is 9.59 Å². The molecule has 6 nitrogen and oxygen atoms in total. The van der Waals surface area contributed by atoms with Crippen LogP contribution in [0.2, 0.25) is 0 Å². The molecule has 0 aromatic heterocycles. The van der Waals surface area contributed by atoms with E-state index in [1.807, 2.05) is 5.92 Å². The maximum absolute atomic E-state index is 12.3. The topological polar surface area (TPSA) is 81.7 Å². The Balaban J connectivity index is 5.39. The molecule has 0 saturated carbocycles. The number of alkyl halides is 3. The standard InChI is InChI=1S/C13H16F3NO5/c1-6-8(21-7(2)18)9(10(19)22-12(3,4)5)17-11(20)13(14,15)16/h1,8-9H,2-5H3,(H,17,20). The van der Waals surface area contributed by atoms with Gasteiger partial charge in [-0.25, -0.2) is 4.79 Å². The van der Waals surface area contributed by atoms with Gasteiger partial charge in [0.15, 0.2) is 12.1 Å². The summed E-state index contributed by atoms with van der Waals surface area (Å²) in [5, 5.41) is 1.38. The first-order chi connectivity index (χ1) is 9.77. The summed E-state index contributed by atoms with van der Waals surface area (Å²) in [5.41, 5.74) is -1.05. The van der Waals surface area contributed by atoms with Gasteiger partial charge in [0.05, 0.1) is 0 Å². The summed E-state index contributed by atoms with van der Waals surface area (Å²) in [4.78, 5) is 33.8. The van der Waals surface area contributed by atoms with E-state index < -0.39 is 41.8 Å². The van der Waals surface area contributed by atoms with E-state index in [4.69, 9.17) is 11.2 Å². The lowest BCUT2D eigenvalue weighted by Gasteiger charge is -2.27. The van der Waals surface area contributed by atoms with Crippen LogP contribution in [0.15, 0.2) is 0 Å². The number of nitrogens with one attached hydrogen (secondary N) is 1. The molecule has 0 spiro atoms. The number of carbonyl (C=O) groups is 3. The van der Waals surface area contributed by atoms with Gasteiger partial charge in [0, 0.05) is 6.92 Å². The Hall–Kier alpha value is -2.24. The predicted octanol–water partition coefficient (Wildman–Crippen LogP) is 0.940. The SMILES string of the molecule is C#CC(OC(C)=O)C(NC(=O)C(F)(F)F)C(=O)OC(C)(C)C. The maximum atomic E-state index is 12.3. The van der Waals surface area contributed by atoms with Gasteiger partial charge in [0.1, 0.15) is 5.60 Å². The number of hydrogen-bond donors (Lipinski definition) is 1. The summed E-state index contributed by atoms with van der Waals surface area (Å²) < 4.78 is 46.4. The molecule has 0 aromatic rings. The number of halogens is 3. The second-order valence-corrected chi connectivity index (χ2v) is 5.18. The molecule has 0 aliphatic rings. The van der Waals surface area contributed by atoms with E-state index in [1.54, 1.807) is 0 Å². The van der Waals surface area contributed by atoms with Crippen LogP contribution in [0.3, 0.4) is 0 Å². The lowest BCUT2D eigenvalue weighted by atomic mass is 10.1. The Morgan fingerprint density at radius 1 is 1.18 bits per heavy atom. The lowest BCUT2D eigenvalue weighted by molar-refractivity contribution is -0.179. The third-order valence-corrected chi connectivity index (χ3v) is 1.96. The Morgan fingerprint density at radius 3 is 2.00 bits per heavy atom. The first-order valence-corrected chi connectivity index (χ1v) is 6.02. The van der Waals surface area contributed by atoms with E-state index in [2.05, 4.69) is 4.74 Å². The van der Waals surface area contributed by atoms with Crippen molar-refractivity contribution in [3.63, 3.8) is 0 Å². The van der Waals surface area contributed by atoms with Crippen LogP contribution < -0.4 is 5.32 Å². The molecule has 0 saturated heterocycles. The van der Waals surface area contributed by atoms with Gasteiger partial charge in [-0.2, -0.15) is 13.2 Å². The van der Waals surface area contributed by atoms with Gasteiger partial charge in [0.2, 0.25) is 0 Å². The van der Waals surface area contributed by atoms with E-state index >= 15 is 0 Å². The molecule has 0 aliphatic carbocycles. The average molecular weight is 323 g/mol. The van der Waals surface area contributed by atoms with Crippen molar-refractivity contribution in [3.05, 3.63) is 0 Å². The lowest BCUT2D eigenvalue weighted by Crippen LogP contribution is -2.54. The van der Waals surface area contributed by atoms with Crippen molar-refractivity contribution in [2.45, 2.75) is 51.6 Å². The van der Waals surface area contributed by atoms with Crippen molar-refractivity contribution in [1.82, 2.24) is 5.32 Å². The zero-order chi connectivity index (χ0) is 17.7. The van der Waals surface area contributed by atoms with Crippen molar-refractivity contribution in [2.24, 2.45) is 0 Å². The van der Waals surface area contributed by atoms with Crippen LogP contribution in [0.5, 0.6) is 0 Å². The largest absolute Gasteiger partial charge is 0.471 e. The van der Waals surface area contributed by atoms with Crippen LogP contribution in [0.1, 0.15) is 27.7 Å². The molecule has 0 fully saturated rings. The Bertz CT molecular complexity index is 487. The van der Waals surface area contributed by atoms with Crippen LogP contribution in [0, 0.1) is 12.3 Å². The summed E-state index contributed by atoms with van der Waals surface area (Å²) in [6.45, 7) is 5.33. The first kappa shape index (κ1) is 19.8. The van der Waals surface area contributed by atoms with Crippen molar-refractivity contribution in [2.75, 3.05) is 0 Å². The smallest absolute Gasteiger partial charge is 0.458 e. The molecule has 0 radical (unpaired) electrons. The highest BCUT2D eigenvalue weighted by atomic mass is 19.4. The highest BCUT2D eigenvalue weighted by Gasteiger charge is 2.44. The molecule has 0 aliphatic heterocycles. The third-order valence-electron chi connectivity index (χ3n) is 1.96. The summed E-state index contributed by atoms with van der Waals surface area (Å²) >= 11 is 0. The quantitative estimate of drug-likeness (QED) is 0.615. The van der Waals surface area contributed by atoms with Crippen LogP contribution in [0.4, 0.5) is 13.2 Å². The molecule has 2 atom stereocenters. The van der Waals surface area contributed by atoms with Gasteiger partial charge >= 0.3 is 24.0 Å². The van der Waals surface area contributed by atoms with E-state index in [0.717, 1.165) is 6.92 Å². The molecule has 1 N–H and O–H groups in total. The van der Waals surface area contributed by atoms with Crippen LogP contribution in [-0.2, 0) is 23.9 Å². The number of rotatable bonds is 4. The van der Waals surface area contributed by atoms with Gasteiger partial charge in [-0.1, -0.05) is 5.92 Å². The number of terminal acetylenes is 1. The fourth-order valence-electron chi connectivity index (χ4n) is 1.22. The molecule has 2 unspecified atom stereocenters. The highest BCUT2D eigenvalue weighted by Crippen LogP contribution is 2.17. The summed E-state index contributed by atoms with van der Waals surface area (Å²) in [6.07, 6.45) is -1.94. The van der Waals surface area contributed by atoms with E-state index in [1.165, 1.54) is 26.1 Å². The number of esters is 2. The fourth-order valence-corrected chi connectivity index (χ4v) is 1.22. The Labute approximate surface area is 125 Å². The Morgan fingerprint density at radius 2 is 1.68 bits per heavy atom. The Kier molecular flexibility index (Phi) is 6.43. The molecule has 124 valence electrons. The number of amides is 1. The molecule has 22 heavy (non-hydrogen) atoms.